The highest BCUT2D eigenvalue weighted by molar-refractivity contribution is 5.73. The van der Waals surface area contributed by atoms with Crippen LogP contribution in [0.1, 0.15) is 52.7 Å². The quantitative estimate of drug-likeness (QED) is 0.747. The van der Waals surface area contributed by atoms with Crippen LogP contribution in [0.25, 0.3) is 0 Å². The Bertz CT molecular complexity index is 530. The zero-order valence-electron chi connectivity index (χ0n) is 15.8. The highest BCUT2D eigenvalue weighted by atomic mass is 16.5. The predicted octanol–water partition coefficient (Wildman–Crippen LogP) is 3.21. The molecule has 0 aliphatic carbocycles. The number of amides is 2. The molecule has 0 aliphatic rings. The third-order valence-corrected chi connectivity index (χ3v) is 3.57. The average molecular weight is 336 g/mol. The molecule has 5 heteroatoms. The molecule has 1 aromatic carbocycles. The lowest BCUT2D eigenvalue weighted by Gasteiger charge is -2.25. The summed E-state index contributed by atoms with van der Waals surface area (Å²) < 4.78 is 5.77. The summed E-state index contributed by atoms with van der Waals surface area (Å²) in [5.41, 5.74) is 1.65. The molecular formula is C19H32N2O3. The minimum atomic E-state index is -0.582. The van der Waals surface area contributed by atoms with Crippen LogP contribution in [-0.4, -0.2) is 29.4 Å². The summed E-state index contributed by atoms with van der Waals surface area (Å²) >= 11 is 0. The van der Waals surface area contributed by atoms with Crippen LogP contribution in [0.15, 0.2) is 24.3 Å². The van der Waals surface area contributed by atoms with E-state index >= 15 is 0 Å². The predicted molar refractivity (Wildman–Crippen MR) is 96.7 cm³/mol. The van der Waals surface area contributed by atoms with E-state index in [4.69, 9.17) is 4.74 Å². The molecule has 5 nitrogen and oxygen atoms in total. The molecule has 2 amide bonds. The molecule has 0 aliphatic heterocycles. The van der Waals surface area contributed by atoms with E-state index in [-0.39, 0.29) is 23.6 Å². The van der Waals surface area contributed by atoms with Gasteiger partial charge in [-0.2, -0.15) is 0 Å². The van der Waals surface area contributed by atoms with Gasteiger partial charge in [-0.3, -0.25) is 0 Å². The Kier molecular flexibility index (Phi) is 7.24. The summed E-state index contributed by atoms with van der Waals surface area (Å²) in [4.78, 5) is 11.8. The fourth-order valence-corrected chi connectivity index (χ4v) is 1.87. The Morgan fingerprint density at radius 1 is 1.12 bits per heavy atom. The van der Waals surface area contributed by atoms with Gasteiger partial charge in [-0.15, -0.1) is 0 Å². The Morgan fingerprint density at radius 3 is 2.33 bits per heavy atom. The first-order chi connectivity index (χ1) is 11.0. The van der Waals surface area contributed by atoms with Gasteiger partial charge in [0.15, 0.2) is 0 Å². The van der Waals surface area contributed by atoms with Gasteiger partial charge in [0.1, 0.15) is 0 Å². The van der Waals surface area contributed by atoms with Crippen LogP contribution in [0.5, 0.6) is 0 Å². The van der Waals surface area contributed by atoms with E-state index in [1.807, 2.05) is 65.8 Å². The van der Waals surface area contributed by atoms with Crippen molar-refractivity contribution in [2.45, 2.75) is 66.4 Å². The van der Waals surface area contributed by atoms with E-state index in [1.54, 1.807) is 0 Å². The smallest absolute Gasteiger partial charge is 0.315 e. The Balaban J connectivity index is 2.43. The molecule has 1 rings (SSSR count). The molecule has 24 heavy (non-hydrogen) atoms. The Hall–Kier alpha value is -1.59. The molecule has 0 fully saturated rings. The maximum atomic E-state index is 11.8. The first-order valence-corrected chi connectivity index (χ1v) is 8.39. The highest BCUT2D eigenvalue weighted by Crippen LogP contribution is 2.18. The van der Waals surface area contributed by atoms with Crippen molar-refractivity contribution in [3.63, 3.8) is 0 Å². The molecule has 1 aromatic rings. The minimum absolute atomic E-state index is 0.179. The second kappa shape index (κ2) is 8.49. The molecule has 0 aromatic heterocycles. The van der Waals surface area contributed by atoms with E-state index in [1.165, 1.54) is 0 Å². The number of urea groups is 1. The van der Waals surface area contributed by atoms with E-state index < -0.39 is 6.10 Å². The Labute approximate surface area is 145 Å². The number of hydrogen-bond donors (Lipinski definition) is 3. The van der Waals surface area contributed by atoms with Gasteiger partial charge in [-0.25, -0.2) is 4.79 Å². The number of nitrogens with one attached hydrogen (secondary N) is 2. The normalized spacial score (nSPS) is 13.5. The van der Waals surface area contributed by atoms with Crippen molar-refractivity contribution < 1.29 is 14.6 Å². The lowest BCUT2D eigenvalue weighted by Crippen LogP contribution is -2.43. The monoisotopic (exact) mass is 336 g/mol. The van der Waals surface area contributed by atoms with Gasteiger partial charge in [0.2, 0.25) is 0 Å². The van der Waals surface area contributed by atoms with Gasteiger partial charge >= 0.3 is 6.03 Å². The molecule has 1 atom stereocenters. The SMILES string of the molecule is CC(C)(C)OCc1cccc(CNC(=O)NCC(O)C(C)(C)C)c1. The second-order valence-corrected chi connectivity index (χ2v) is 8.17. The standard InChI is InChI=1S/C19H32N2O3/c1-18(2,3)16(22)12-21-17(23)20-11-14-8-7-9-15(10-14)13-24-19(4,5)6/h7-10,16,22H,11-13H2,1-6H3,(H2,20,21,23). The molecular weight excluding hydrogens is 304 g/mol. The van der Waals surface area contributed by atoms with Gasteiger partial charge in [0.05, 0.1) is 18.3 Å². The summed E-state index contributed by atoms with van der Waals surface area (Å²) in [6.45, 7) is 13.1. The number of carbonyl (C=O) groups excluding carboxylic acids is 1. The molecule has 0 bridgehead atoms. The van der Waals surface area contributed by atoms with Crippen molar-refractivity contribution in [2.24, 2.45) is 5.41 Å². The summed E-state index contributed by atoms with van der Waals surface area (Å²) in [6.07, 6.45) is -0.582. The van der Waals surface area contributed by atoms with Crippen LogP contribution in [0, 0.1) is 5.41 Å². The fraction of sp³-hybridized carbons (Fsp3) is 0.632. The first kappa shape index (κ1) is 20.5. The average Bonchev–Trinajstić information content (AvgIpc) is 2.47. The molecule has 0 radical (unpaired) electrons. The molecule has 3 N–H and O–H groups in total. The van der Waals surface area contributed by atoms with Crippen molar-refractivity contribution >= 4 is 6.03 Å². The van der Waals surface area contributed by atoms with Crippen molar-refractivity contribution in [2.75, 3.05) is 6.54 Å². The zero-order valence-corrected chi connectivity index (χ0v) is 15.8. The summed E-state index contributed by atoms with van der Waals surface area (Å²) in [7, 11) is 0. The van der Waals surface area contributed by atoms with Crippen LogP contribution >= 0.6 is 0 Å². The van der Waals surface area contributed by atoms with Crippen LogP contribution < -0.4 is 10.6 Å². The first-order valence-electron chi connectivity index (χ1n) is 8.39. The Morgan fingerprint density at radius 2 is 1.75 bits per heavy atom. The van der Waals surface area contributed by atoms with Crippen molar-refractivity contribution in [3.05, 3.63) is 35.4 Å². The van der Waals surface area contributed by atoms with Crippen LogP contribution in [-0.2, 0) is 17.9 Å². The maximum Gasteiger partial charge on any atom is 0.315 e. The molecule has 0 saturated carbocycles. The topological polar surface area (TPSA) is 70.6 Å². The third kappa shape index (κ3) is 8.31. The van der Waals surface area contributed by atoms with Gasteiger partial charge in [-0.05, 0) is 37.3 Å². The largest absolute Gasteiger partial charge is 0.391 e. The minimum Gasteiger partial charge on any atom is -0.391 e. The van der Waals surface area contributed by atoms with Gasteiger partial charge in [0, 0.05) is 13.1 Å². The van der Waals surface area contributed by atoms with Crippen molar-refractivity contribution in [1.29, 1.82) is 0 Å². The molecule has 136 valence electrons. The summed E-state index contributed by atoms with van der Waals surface area (Å²) in [5, 5.41) is 15.4. The lowest BCUT2D eigenvalue weighted by molar-refractivity contribution is -0.0149. The molecule has 0 heterocycles. The second-order valence-electron chi connectivity index (χ2n) is 8.17. The van der Waals surface area contributed by atoms with E-state index in [9.17, 15) is 9.90 Å². The lowest BCUT2D eigenvalue weighted by atomic mass is 9.89. The molecule has 1 unspecified atom stereocenters. The van der Waals surface area contributed by atoms with Crippen LogP contribution in [0.3, 0.4) is 0 Å². The highest BCUT2D eigenvalue weighted by Gasteiger charge is 2.22. The molecule has 0 spiro atoms. The van der Waals surface area contributed by atoms with Crippen LogP contribution in [0.4, 0.5) is 4.79 Å². The van der Waals surface area contributed by atoms with Gasteiger partial charge in [0.25, 0.3) is 0 Å². The number of aliphatic hydroxyl groups excluding tert-OH is 1. The number of aliphatic hydroxyl groups is 1. The summed E-state index contributed by atoms with van der Waals surface area (Å²) in [5.74, 6) is 0. The number of hydrogen-bond acceptors (Lipinski definition) is 3. The summed E-state index contributed by atoms with van der Waals surface area (Å²) in [6, 6.07) is 7.67. The number of carbonyl (C=O) groups is 1. The van der Waals surface area contributed by atoms with E-state index in [2.05, 4.69) is 10.6 Å². The van der Waals surface area contributed by atoms with E-state index in [0.29, 0.717) is 13.2 Å². The number of benzene rings is 1. The van der Waals surface area contributed by atoms with Gasteiger partial charge in [-0.1, -0.05) is 45.0 Å². The third-order valence-electron chi connectivity index (χ3n) is 3.57. The fourth-order valence-electron chi connectivity index (χ4n) is 1.87. The van der Waals surface area contributed by atoms with Crippen LogP contribution in [0.2, 0.25) is 0 Å². The van der Waals surface area contributed by atoms with Crippen molar-refractivity contribution in [1.82, 2.24) is 10.6 Å². The maximum absolute atomic E-state index is 11.8. The number of ether oxygens (including phenoxy) is 1. The van der Waals surface area contributed by atoms with Gasteiger partial charge < -0.3 is 20.5 Å². The van der Waals surface area contributed by atoms with E-state index in [0.717, 1.165) is 11.1 Å². The zero-order chi connectivity index (χ0) is 18.4. The van der Waals surface area contributed by atoms with Crippen molar-refractivity contribution in [3.8, 4) is 0 Å². The number of rotatable bonds is 6. The molecule has 0 saturated heterocycles.